The van der Waals surface area contributed by atoms with Gasteiger partial charge in [-0.15, -0.1) is 0 Å². The molecule has 0 aliphatic rings. The highest BCUT2D eigenvalue weighted by Crippen LogP contribution is 2.09. The summed E-state index contributed by atoms with van der Waals surface area (Å²) in [5.41, 5.74) is 9.28. The van der Waals surface area contributed by atoms with E-state index < -0.39 is 41.6 Å². The highest BCUT2D eigenvalue weighted by Gasteiger charge is 2.26. The van der Waals surface area contributed by atoms with E-state index in [-0.39, 0.29) is 40.6 Å². The molecule has 0 aromatic heterocycles. The predicted octanol–water partition coefficient (Wildman–Crippen LogP) is 10.6. The molecule has 0 unspecified atom stereocenters. The Hall–Kier alpha value is -6.74. The van der Waals surface area contributed by atoms with Crippen LogP contribution in [-0.4, -0.2) is 13.4 Å². The van der Waals surface area contributed by atoms with Gasteiger partial charge < -0.3 is 0 Å². The average Bonchev–Trinajstić information content (AvgIpc) is 3.21. The molecule has 0 amide bonds. The smallest absolute Gasteiger partial charge is 0.207 e. The number of hydrogen-bond acceptors (Lipinski definition) is 0. The highest BCUT2D eigenvalue weighted by molar-refractivity contribution is 6.96. The van der Waals surface area contributed by atoms with Gasteiger partial charge in [0.05, 0.1) is 0 Å². The molecule has 0 aliphatic carbocycles. The Labute approximate surface area is 369 Å². The molecule has 8 aromatic rings. The summed E-state index contributed by atoms with van der Waals surface area (Å²) in [5, 5.41) is 0. The molecule has 0 spiro atoms. The van der Waals surface area contributed by atoms with Crippen LogP contribution in [0.3, 0.4) is 0 Å². The van der Waals surface area contributed by atoms with E-state index in [1.807, 2.05) is 0 Å². The second kappa shape index (κ2) is 22.6. The molecular formula is C53H43B2F9. The minimum atomic E-state index is -1.17. The minimum absolute atomic E-state index is 0.0347. The lowest BCUT2D eigenvalue weighted by atomic mass is 9.37. The fourth-order valence-corrected chi connectivity index (χ4v) is 7.21. The highest BCUT2D eigenvalue weighted by atomic mass is 19.2. The van der Waals surface area contributed by atoms with Crippen molar-refractivity contribution in [2.24, 2.45) is 0 Å². The summed E-state index contributed by atoms with van der Waals surface area (Å²) >= 11 is 0. The van der Waals surface area contributed by atoms with Gasteiger partial charge in [0.25, 0.3) is 0 Å². The molecule has 11 heteroatoms. The zero-order valence-corrected chi connectivity index (χ0v) is 35.7. The van der Waals surface area contributed by atoms with Gasteiger partial charge in [0.15, 0.2) is 0 Å². The van der Waals surface area contributed by atoms with Gasteiger partial charge in [0, 0.05) is 18.2 Å². The van der Waals surface area contributed by atoms with Crippen LogP contribution in [0.4, 0.5) is 39.5 Å². The Bertz CT molecular complexity index is 2410. The maximum atomic E-state index is 13.6. The first-order chi connectivity index (χ1) is 30.4. The first kappa shape index (κ1) is 48.3. The SMILES string of the molecule is Cc1cc(C)cc(C)c1.Cc1ccccc1C.Fc1cc(F)cc(B(c2cc(F)cc(F)c2)c2cc(F)cc(F)c2)c1.Fc1ccc(B(c2ccc(F)cc2)c2ccc(F)cc2)cc1. The lowest BCUT2D eigenvalue weighted by Crippen LogP contribution is -2.52. The number of halogens is 9. The predicted molar refractivity (Wildman–Crippen MR) is 244 cm³/mol. The molecular weight excluding hydrogens is 829 g/mol. The molecule has 8 rings (SSSR count). The molecule has 0 aliphatic heterocycles. The van der Waals surface area contributed by atoms with Crippen LogP contribution in [0.5, 0.6) is 0 Å². The van der Waals surface area contributed by atoms with Gasteiger partial charge in [0.2, 0.25) is 13.4 Å². The number of hydrogen-bond donors (Lipinski definition) is 0. The molecule has 0 bridgehead atoms. The number of benzene rings is 8. The largest absolute Gasteiger partial charge is 0.241 e. The van der Waals surface area contributed by atoms with Crippen LogP contribution < -0.4 is 32.8 Å². The fraction of sp³-hybridized carbons (Fsp3) is 0.0943. The summed E-state index contributed by atoms with van der Waals surface area (Å²) in [6.45, 7) is 9.24. The third kappa shape index (κ3) is 14.4. The van der Waals surface area contributed by atoms with Gasteiger partial charge in [-0.1, -0.05) is 128 Å². The minimum Gasteiger partial charge on any atom is -0.207 e. The molecule has 0 fully saturated rings. The normalized spacial score (nSPS) is 10.3. The number of rotatable bonds is 6. The molecule has 324 valence electrons. The first-order valence-electron chi connectivity index (χ1n) is 20.2. The molecule has 0 nitrogen and oxygen atoms in total. The first-order valence-corrected chi connectivity index (χ1v) is 20.2. The monoisotopic (exact) mass is 872 g/mol. The second-order valence-corrected chi connectivity index (χ2v) is 15.4. The van der Waals surface area contributed by atoms with E-state index in [0.29, 0.717) is 18.2 Å². The van der Waals surface area contributed by atoms with Crippen LogP contribution >= 0.6 is 0 Å². The summed E-state index contributed by atoms with van der Waals surface area (Å²) < 4.78 is 121. The van der Waals surface area contributed by atoms with Crippen molar-refractivity contribution < 1.29 is 39.5 Å². The third-order valence-corrected chi connectivity index (χ3v) is 10.1. The lowest BCUT2D eigenvalue weighted by Gasteiger charge is -2.16. The molecule has 0 N–H and O–H groups in total. The molecule has 0 saturated heterocycles. The summed E-state index contributed by atoms with van der Waals surface area (Å²) in [4.78, 5) is 0. The molecule has 0 atom stereocenters. The van der Waals surface area contributed by atoms with Crippen LogP contribution in [0.1, 0.15) is 27.8 Å². The van der Waals surface area contributed by atoms with Crippen molar-refractivity contribution in [3.63, 3.8) is 0 Å². The topological polar surface area (TPSA) is 0 Å². The van der Waals surface area contributed by atoms with Crippen molar-refractivity contribution in [3.05, 3.63) is 250 Å². The zero-order valence-electron chi connectivity index (χ0n) is 35.7. The summed E-state index contributed by atoms with van der Waals surface area (Å²) in [5.74, 6) is -6.49. The van der Waals surface area contributed by atoms with Crippen molar-refractivity contribution >= 4 is 46.2 Å². The molecule has 8 aromatic carbocycles. The zero-order chi connectivity index (χ0) is 46.5. The Morgan fingerprint density at radius 2 is 0.453 bits per heavy atom. The summed E-state index contributed by atoms with van der Waals surface area (Å²) in [7, 11) is 0. The Balaban J connectivity index is 0.000000178. The van der Waals surface area contributed by atoms with Gasteiger partial charge >= 0.3 is 0 Å². The summed E-state index contributed by atoms with van der Waals surface area (Å²) in [6.07, 6.45) is 0. The van der Waals surface area contributed by atoms with E-state index in [0.717, 1.165) is 52.8 Å². The maximum absolute atomic E-state index is 13.6. The number of aryl methyl sites for hydroxylation is 5. The van der Waals surface area contributed by atoms with Crippen LogP contribution in [0.25, 0.3) is 0 Å². The fourth-order valence-electron chi connectivity index (χ4n) is 7.21. The third-order valence-electron chi connectivity index (χ3n) is 10.1. The van der Waals surface area contributed by atoms with Gasteiger partial charge in [0.1, 0.15) is 52.4 Å². The van der Waals surface area contributed by atoms with Crippen molar-refractivity contribution in [1.82, 2.24) is 0 Å². The van der Waals surface area contributed by atoms with Gasteiger partial charge in [-0.3, -0.25) is 0 Å². The molecule has 64 heavy (non-hydrogen) atoms. The van der Waals surface area contributed by atoms with E-state index in [2.05, 4.69) is 77.1 Å². The maximum Gasteiger partial charge on any atom is 0.241 e. The molecule has 0 radical (unpaired) electrons. The van der Waals surface area contributed by atoms with E-state index in [1.165, 1.54) is 64.2 Å². The van der Waals surface area contributed by atoms with E-state index in [1.54, 1.807) is 36.4 Å². The van der Waals surface area contributed by atoms with E-state index in [4.69, 9.17) is 0 Å². The second-order valence-electron chi connectivity index (χ2n) is 15.4. The van der Waals surface area contributed by atoms with Crippen molar-refractivity contribution in [3.8, 4) is 0 Å². The van der Waals surface area contributed by atoms with Crippen LogP contribution in [0.2, 0.25) is 0 Å². The lowest BCUT2D eigenvalue weighted by molar-refractivity contribution is 0.585. The van der Waals surface area contributed by atoms with Crippen LogP contribution in [0.15, 0.2) is 170 Å². The van der Waals surface area contributed by atoms with Gasteiger partial charge in [-0.05, 0) is 119 Å². The standard InChI is InChI=1S/C18H9BF6.C18H12BF3.C9H12.C8H10/c20-13-1-10(2-14(21)7-13)19(11-3-15(22)8-16(23)4-11)12-5-17(24)9-18(25)6-12;20-16-7-1-13(2-8-16)19(14-3-9-17(21)10-4-14)15-5-11-18(22)12-6-15;1-7-4-8(2)6-9(3)5-7;1-7-5-3-4-6-8(7)2/h1-9H;1-12H;4-6H,1-3H3;3-6H,1-2H3. The van der Waals surface area contributed by atoms with Crippen LogP contribution in [0, 0.1) is 87.0 Å². The van der Waals surface area contributed by atoms with Gasteiger partial charge in [-0.2, -0.15) is 0 Å². The molecule has 0 saturated carbocycles. The quantitative estimate of drug-likeness (QED) is 0.115. The van der Waals surface area contributed by atoms with Gasteiger partial charge in [-0.25, -0.2) is 39.5 Å². The Morgan fingerprint density at radius 1 is 0.234 bits per heavy atom. The Kier molecular flexibility index (Phi) is 17.0. The van der Waals surface area contributed by atoms with E-state index in [9.17, 15) is 39.5 Å². The average molecular weight is 873 g/mol. The van der Waals surface area contributed by atoms with Crippen molar-refractivity contribution in [2.75, 3.05) is 0 Å². The Morgan fingerprint density at radius 3 is 0.672 bits per heavy atom. The van der Waals surface area contributed by atoms with Crippen molar-refractivity contribution in [2.45, 2.75) is 34.6 Å². The van der Waals surface area contributed by atoms with Crippen molar-refractivity contribution in [1.29, 1.82) is 0 Å². The summed E-state index contributed by atoms with van der Waals surface area (Å²) in [6, 6.07) is 40.9. The van der Waals surface area contributed by atoms with Crippen LogP contribution in [-0.2, 0) is 0 Å². The van der Waals surface area contributed by atoms with E-state index >= 15 is 0 Å². The molecule has 0 heterocycles.